The molecule has 1 N–H and O–H groups in total. The van der Waals surface area contributed by atoms with Crippen LogP contribution in [0.25, 0.3) is 11.0 Å². The first kappa shape index (κ1) is 15.1. The van der Waals surface area contributed by atoms with Gasteiger partial charge in [0.05, 0.1) is 12.6 Å². The van der Waals surface area contributed by atoms with Gasteiger partial charge in [-0.1, -0.05) is 18.2 Å². The van der Waals surface area contributed by atoms with E-state index in [4.69, 9.17) is 9.15 Å². The molecular weight excluding hydrogens is 280 g/mol. The van der Waals surface area contributed by atoms with Crippen LogP contribution in [-0.4, -0.2) is 44.2 Å². The molecule has 1 fully saturated rings. The second-order valence-electron chi connectivity index (χ2n) is 6.03. The first-order valence-electron chi connectivity index (χ1n) is 7.69. The molecule has 1 aliphatic heterocycles. The highest BCUT2D eigenvalue weighted by molar-refractivity contribution is 5.99. The maximum atomic E-state index is 12.6. The fourth-order valence-corrected chi connectivity index (χ4v) is 2.86. The Labute approximate surface area is 130 Å². The van der Waals surface area contributed by atoms with Crippen LogP contribution in [0.1, 0.15) is 29.0 Å². The van der Waals surface area contributed by atoms with Gasteiger partial charge in [-0.15, -0.1) is 0 Å². The van der Waals surface area contributed by atoms with E-state index in [-0.39, 0.29) is 11.9 Å². The molecule has 0 saturated carbocycles. The summed E-state index contributed by atoms with van der Waals surface area (Å²) in [7, 11) is 3.97. The lowest BCUT2D eigenvalue weighted by Crippen LogP contribution is -2.40. The molecule has 0 spiro atoms. The highest BCUT2D eigenvalue weighted by atomic mass is 16.5. The number of fused-ring (bicyclic) bond motifs is 1. The lowest BCUT2D eigenvalue weighted by molar-refractivity contribution is 0.0612. The molecule has 118 valence electrons. The third-order valence-corrected chi connectivity index (χ3v) is 3.87. The van der Waals surface area contributed by atoms with E-state index in [2.05, 4.69) is 5.32 Å². The molecule has 1 saturated heterocycles. The van der Waals surface area contributed by atoms with Crippen LogP contribution in [0.2, 0.25) is 0 Å². The van der Waals surface area contributed by atoms with Gasteiger partial charge in [0, 0.05) is 24.1 Å². The van der Waals surface area contributed by atoms with Gasteiger partial charge in [0.1, 0.15) is 5.58 Å². The maximum Gasteiger partial charge on any atom is 0.287 e. The Balaban J connectivity index is 1.89. The van der Waals surface area contributed by atoms with Crippen LogP contribution >= 0.6 is 0 Å². The van der Waals surface area contributed by atoms with Gasteiger partial charge in [-0.3, -0.25) is 4.79 Å². The number of amides is 1. The zero-order chi connectivity index (χ0) is 15.5. The molecule has 0 bridgehead atoms. The van der Waals surface area contributed by atoms with Gasteiger partial charge in [0.25, 0.3) is 5.91 Å². The quantitative estimate of drug-likeness (QED) is 0.942. The molecule has 0 aliphatic carbocycles. The molecule has 2 aromatic rings. The second-order valence-corrected chi connectivity index (χ2v) is 6.03. The van der Waals surface area contributed by atoms with Crippen LogP contribution in [-0.2, 0) is 11.3 Å². The molecule has 1 aliphatic rings. The number of carbonyl (C=O) groups excluding carboxylic acids is 1. The van der Waals surface area contributed by atoms with Crippen LogP contribution in [0.4, 0.5) is 0 Å². The number of carbonyl (C=O) groups is 1. The zero-order valence-electron chi connectivity index (χ0n) is 13.1. The monoisotopic (exact) mass is 302 g/mol. The molecule has 5 heteroatoms. The number of hydrogen-bond acceptors (Lipinski definition) is 4. The minimum atomic E-state index is -0.149. The Hall–Kier alpha value is -1.85. The van der Waals surface area contributed by atoms with Crippen molar-refractivity contribution in [2.75, 3.05) is 27.3 Å². The second kappa shape index (κ2) is 6.50. The summed E-state index contributed by atoms with van der Waals surface area (Å²) >= 11 is 0. The SMILES string of the molecule is CN(C)Cc1c(C(=O)NC2CCCOC2)oc2ccccc12. The normalized spacial score (nSPS) is 18.8. The fourth-order valence-electron chi connectivity index (χ4n) is 2.86. The molecule has 3 rings (SSSR count). The Kier molecular flexibility index (Phi) is 4.45. The number of rotatable bonds is 4. The fraction of sp³-hybridized carbons (Fsp3) is 0.471. The highest BCUT2D eigenvalue weighted by Gasteiger charge is 2.24. The lowest BCUT2D eigenvalue weighted by Gasteiger charge is -2.22. The van der Waals surface area contributed by atoms with Crippen LogP contribution < -0.4 is 5.32 Å². The predicted molar refractivity (Wildman–Crippen MR) is 84.9 cm³/mol. The average Bonchev–Trinajstić information content (AvgIpc) is 2.87. The van der Waals surface area contributed by atoms with Gasteiger partial charge in [-0.25, -0.2) is 0 Å². The average molecular weight is 302 g/mol. The Bertz CT molecular complexity index is 657. The predicted octanol–water partition coefficient (Wildman–Crippen LogP) is 2.40. The van der Waals surface area contributed by atoms with E-state index < -0.39 is 0 Å². The topological polar surface area (TPSA) is 54.7 Å². The van der Waals surface area contributed by atoms with Crippen molar-refractivity contribution < 1.29 is 13.9 Å². The molecular formula is C17H22N2O3. The standard InChI is InChI=1S/C17H22N2O3/c1-19(2)10-14-13-7-3-4-8-15(13)22-16(14)17(20)18-12-6-5-9-21-11-12/h3-4,7-8,12H,5-6,9-11H2,1-2H3,(H,18,20). The summed E-state index contributed by atoms with van der Waals surface area (Å²) in [6.45, 7) is 2.03. The van der Waals surface area contributed by atoms with Gasteiger partial charge in [0.15, 0.2) is 5.76 Å². The van der Waals surface area contributed by atoms with Crippen molar-refractivity contribution in [3.8, 4) is 0 Å². The van der Waals surface area contributed by atoms with E-state index in [9.17, 15) is 4.79 Å². The van der Waals surface area contributed by atoms with E-state index in [0.717, 1.165) is 36.0 Å². The Morgan fingerprint density at radius 1 is 1.36 bits per heavy atom. The summed E-state index contributed by atoms with van der Waals surface area (Å²) in [6.07, 6.45) is 1.94. The van der Waals surface area contributed by atoms with Crippen molar-refractivity contribution in [3.63, 3.8) is 0 Å². The molecule has 0 radical (unpaired) electrons. The number of benzene rings is 1. The minimum Gasteiger partial charge on any atom is -0.451 e. The van der Waals surface area contributed by atoms with Crippen LogP contribution in [0.5, 0.6) is 0 Å². The largest absolute Gasteiger partial charge is 0.451 e. The molecule has 1 amide bonds. The first-order chi connectivity index (χ1) is 10.6. The van der Waals surface area contributed by atoms with E-state index in [0.29, 0.717) is 18.9 Å². The number of nitrogens with zero attached hydrogens (tertiary/aromatic N) is 1. The van der Waals surface area contributed by atoms with Crippen molar-refractivity contribution in [1.29, 1.82) is 0 Å². The van der Waals surface area contributed by atoms with E-state index >= 15 is 0 Å². The third kappa shape index (κ3) is 3.15. The Morgan fingerprint density at radius 3 is 2.91 bits per heavy atom. The molecule has 1 atom stereocenters. The number of hydrogen-bond donors (Lipinski definition) is 1. The van der Waals surface area contributed by atoms with Crippen LogP contribution in [0, 0.1) is 0 Å². The summed E-state index contributed by atoms with van der Waals surface area (Å²) in [6, 6.07) is 7.85. The van der Waals surface area contributed by atoms with E-state index in [1.54, 1.807) is 0 Å². The number of furan rings is 1. The van der Waals surface area contributed by atoms with Gasteiger partial charge in [-0.2, -0.15) is 0 Å². The maximum absolute atomic E-state index is 12.6. The van der Waals surface area contributed by atoms with Crippen molar-refractivity contribution >= 4 is 16.9 Å². The van der Waals surface area contributed by atoms with Gasteiger partial charge in [0.2, 0.25) is 0 Å². The van der Waals surface area contributed by atoms with Crippen molar-refractivity contribution in [2.24, 2.45) is 0 Å². The summed E-state index contributed by atoms with van der Waals surface area (Å²) in [4.78, 5) is 14.6. The van der Waals surface area contributed by atoms with E-state index in [1.807, 2.05) is 43.3 Å². The summed E-state index contributed by atoms with van der Waals surface area (Å²) in [5, 5.41) is 4.03. The van der Waals surface area contributed by atoms with Crippen molar-refractivity contribution in [3.05, 3.63) is 35.6 Å². The molecule has 1 aromatic carbocycles. The summed E-state index contributed by atoms with van der Waals surface area (Å²) in [5.74, 6) is 0.268. The number of para-hydroxylation sites is 1. The zero-order valence-corrected chi connectivity index (χ0v) is 13.1. The third-order valence-electron chi connectivity index (χ3n) is 3.87. The summed E-state index contributed by atoms with van der Waals surface area (Å²) in [5.41, 5.74) is 1.69. The molecule has 1 unspecified atom stereocenters. The van der Waals surface area contributed by atoms with Crippen LogP contribution in [0.15, 0.2) is 28.7 Å². The molecule has 5 nitrogen and oxygen atoms in total. The van der Waals surface area contributed by atoms with E-state index in [1.165, 1.54) is 0 Å². The highest BCUT2D eigenvalue weighted by Crippen LogP contribution is 2.27. The lowest BCUT2D eigenvalue weighted by atomic mass is 10.1. The van der Waals surface area contributed by atoms with Gasteiger partial charge < -0.3 is 19.4 Å². The molecule has 2 heterocycles. The van der Waals surface area contributed by atoms with Crippen molar-refractivity contribution in [2.45, 2.75) is 25.4 Å². The minimum absolute atomic E-state index is 0.0710. The summed E-state index contributed by atoms with van der Waals surface area (Å²) < 4.78 is 11.2. The van der Waals surface area contributed by atoms with Crippen molar-refractivity contribution in [1.82, 2.24) is 10.2 Å². The van der Waals surface area contributed by atoms with Gasteiger partial charge in [-0.05, 0) is 33.0 Å². The molecule has 22 heavy (non-hydrogen) atoms. The number of nitrogens with one attached hydrogen (secondary N) is 1. The van der Waals surface area contributed by atoms with Gasteiger partial charge >= 0.3 is 0 Å². The van der Waals surface area contributed by atoms with Crippen LogP contribution in [0.3, 0.4) is 0 Å². The first-order valence-corrected chi connectivity index (χ1v) is 7.69. The smallest absolute Gasteiger partial charge is 0.287 e. The molecule has 1 aromatic heterocycles. The number of ether oxygens (including phenoxy) is 1. The Morgan fingerprint density at radius 2 is 2.18 bits per heavy atom.